The topological polar surface area (TPSA) is 77.3 Å². The number of nitrogens with zero attached hydrogens (tertiary/aromatic N) is 4. The van der Waals surface area contributed by atoms with E-state index < -0.39 is 11.6 Å². The Balaban J connectivity index is 1.90. The van der Waals surface area contributed by atoms with Gasteiger partial charge < -0.3 is 9.64 Å². The fraction of sp³-hybridized carbons (Fsp3) is 0.444. The second kappa shape index (κ2) is 5.40. The Morgan fingerprint density at radius 3 is 2.92 bits per heavy atom. The van der Waals surface area contributed by atoms with Crippen LogP contribution in [0.4, 0.5) is 0 Å². The van der Waals surface area contributed by atoms with E-state index in [-0.39, 0.29) is 17.6 Å². The average Bonchev–Trinajstić information content (AvgIpc) is 3.17. The van der Waals surface area contributed by atoms with Crippen LogP contribution in [0.5, 0.6) is 0 Å². The quantitative estimate of drug-likeness (QED) is 0.746. The van der Waals surface area contributed by atoms with E-state index in [1.807, 2.05) is 30.2 Å². The zero-order valence-electron chi connectivity index (χ0n) is 14.5. The Bertz CT molecular complexity index is 865. The fourth-order valence-electron chi connectivity index (χ4n) is 3.56. The van der Waals surface area contributed by atoms with Crippen LogP contribution in [0.2, 0.25) is 0 Å². The van der Waals surface area contributed by atoms with E-state index in [0.29, 0.717) is 17.8 Å². The lowest BCUT2D eigenvalue weighted by molar-refractivity contribution is 0.00596. The predicted octanol–water partition coefficient (Wildman–Crippen LogP) is 2.51. The molecule has 7 nitrogen and oxygen atoms in total. The monoisotopic (exact) mass is 340 g/mol. The standard InChI is InChI=1S/C18H20N4O3/c1-18(2,3)25-17(24)14-15-13-5-4-8-21(13)16(23)11-9-19-7-6-12(11)22(15)10-20-14/h6-7,9-10,13H,4-5,8H2,1-3H3. The van der Waals surface area contributed by atoms with Gasteiger partial charge in [-0.25, -0.2) is 9.78 Å². The van der Waals surface area contributed by atoms with Gasteiger partial charge in [-0.2, -0.15) is 0 Å². The molecule has 1 atom stereocenters. The second-order valence-corrected chi connectivity index (χ2v) is 7.40. The zero-order chi connectivity index (χ0) is 17.8. The van der Waals surface area contributed by atoms with Crippen molar-refractivity contribution in [2.45, 2.75) is 45.3 Å². The number of ether oxygens (including phenoxy) is 1. The van der Waals surface area contributed by atoms with Crippen molar-refractivity contribution >= 4 is 11.9 Å². The number of carbonyl (C=O) groups excluding carboxylic acids is 2. The second-order valence-electron chi connectivity index (χ2n) is 7.40. The Labute approximate surface area is 145 Å². The van der Waals surface area contributed by atoms with E-state index >= 15 is 0 Å². The van der Waals surface area contributed by atoms with Crippen LogP contribution in [-0.2, 0) is 4.74 Å². The van der Waals surface area contributed by atoms with Gasteiger partial charge in [0.25, 0.3) is 5.91 Å². The molecule has 0 aromatic carbocycles. The smallest absolute Gasteiger partial charge is 0.359 e. The Morgan fingerprint density at radius 2 is 2.16 bits per heavy atom. The molecule has 1 amide bonds. The van der Waals surface area contributed by atoms with Crippen LogP contribution in [0.15, 0.2) is 24.8 Å². The molecule has 0 N–H and O–H groups in total. The first-order chi connectivity index (χ1) is 11.9. The summed E-state index contributed by atoms with van der Waals surface area (Å²) in [6, 6.07) is 1.60. The first-order valence-electron chi connectivity index (χ1n) is 8.43. The Hall–Kier alpha value is -2.70. The van der Waals surface area contributed by atoms with Crippen LogP contribution in [0.3, 0.4) is 0 Å². The van der Waals surface area contributed by atoms with Crippen LogP contribution in [-0.4, -0.2) is 43.5 Å². The highest BCUT2D eigenvalue weighted by Gasteiger charge is 2.40. The lowest BCUT2D eigenvalue weighted by Gasteiger charge is -2.24. The van der Waals surface area contributed by atoms with Crippen molar-refractivity contribution in [2.24, 2.45) is 0 Å². The number of esters is 1. The fourth-order valence-corrected chi connectivity index (χ4v) is 3.56. The van der Waals surface area contributed by atoms with E-state index in [1.165, 1.54) is 0 Å². The summed E-state index contributed by atoms with van der Waals surface area (Å²) in [6.07, 6.45) is 6.51. The highest BCUT2D eigenvalue weighted by Crippen LogP contribution is 2.39. The zero-order valence-corrected chi connectivity index (χ0v) is 14.5. The van der Waals surface area contributed by atoms with Crippen molar-refractivity contribution in [1.82, 2.24) is 19.4 Å². The summed E-state index contributed by atoms with van der Waals surface area (Å²) in [5.41, 5.74) is 1.63. The summed E-state index contributed by atoms with van der Waals surface area (Å²) >= 11 is 0. The highest BCUT2D eigenvalue weighted by molar-refractivity contribution is 5.99. The lowest BCUT2D eigenvalue weighted by Crippen LogP contribution is -2.31. The first kappa shape index (κ1) is 15.8. The summed E-state index contributed by atoms with van der Waals surface area (Å²) in [4.78, 5) is 35.9. The molecular weight excluding hydrogens is 320 g/mol. The molecule has 0 bridgehead atoms. The Morgan fingerprint density at radius 1 is 1.36 bits per heavy atom. The third-order valence-electron chi connectivity index (χ3n) is 4.51. The lowest BCUT2D eigenvalue weighted by atomic mass is 10.1. The number of amides is 1. The highest BCUT2D eigenvalue weighted by atomic mass is 16.6. The van der Waals surface area contributed by atoms with Crippen molar-refractivity contribution in [1.29, 1.82) is 0 Å². The molecule has 0 saturated carbocycles. The van der Waals surface area contributed by atoms with Crippen molar-refractivity contribution in [3.8, 4) is 5.69 Å². The van der Waals surface area contributed by atoms with Gasteiger partial charge in [0.1, 0.15) is 11.9 Å². The van der Waals surface area contributed by atoms with Crippen molar-refractivity contribution in [2.75, 3.05) is 6.54 Å². The van der Waals surface area contributed by atoms with Crippen LogP contribution in [0, 0.1) is 0 Å². The summed E-state index contributed by atoms with van der Waals surface area (Å²) < 4.78 is 7.36. The SMILES string of the molecule is CC(C)(C)OC(=O)c1ncn2c1C1CCCN1C(=O)c1cnccc1-2. The summed E-state index contributed by atoms with van der Waals surface area (Å²) in [7, 11) is 0. The number of hydrogen-bond donors (Lipinski definition) is 0. The van der Waals surface area contributed by atoms with Gasteiger partial charge in [-0.05, 0) is 39.7 Å². The summed E-state index contributed by atoms with van der Waals surface area (Å²) in [5.74, 6) is -0.512. The van der Waals surface area contributed by atoms with E-state index in [9.17, 15) is 9.59 Å². The van der Waals surface area contributed by atoms with Crippen molar-refractivity contribution < 1.29 is 14.3 Å². The number of aromatic nitrogens is 3. The molecule has 1 fully saturated rings. The number of imidazole rings is 1. The van der Waals surface area contributed by atoms with Gasteiger partial charge in [0.15, 0.2) is 5.69 Å². The molecule has 0 radical (unpaired) electrons. The van der Waals surface area contributed by atoms with Crippen LogP contribution < -0.4 is 0 Å². The van der Waals surface area contributed by atoms with Crippen molar-refractivity contribution in [3.05, 3.63) is 41.7 Å². The molecule has 4 heterocycles. The third-order valence-corrected chi connectivity index (χ3v) is 4.51. The van der Waals surface area contributed by atoms with Gasteiger partial charge in [0.05, 0.1) is 23.0 Å². The average molecular weight is 340 g/mol. The van der Waals surface area contributed by atoms with Gasteiger partial charge in [-0.15, -0.1) is 0 Å². The molecule has 2 aliphatic heterocycles. The van der Waals surface area contributed by atoms with Crippen LogP contribution in [0.25, 0.3) is 5.69 Å². The van der Waals surface area contributed by atoms with Crippen molar-refractivity contribution in [3.63, 3.8) is 0 Å². The molecular formula is C18H20N4O3. The first-order valence-corrected chi connectivity index (χ1v) is 8.43. The van der Waals surface area contributed by atoms with Crippen LogP contribution >= 0.6 is 0 Å². The van der Waals surface area contributed by atoms with Gasteiger partial charge in [0, 0.05) is 18.9 Å². The van der Waals surface area contributed by atoms with Gasteiger partial charge in [-0.3, -0.25) is 14.3 Å². The maximum atomic E-state index is 12.9. The molecule has 1 unspecified atom stereocenters. The number of carbonyl (C=O) groups is 2. The van der Waals surface area contributed by atoms with Gasteiger partial charge in [0.2, 0.25) is 0 Å². The largest absolute Gasteiger partial charge is 0.455 e. The molecule has 25 heavy (non-hydrogen) atoms. The predicted molar refractivity (Wildman–Crippen MR) is 89.5 cm³/mol. The van der Waals surface area contributed by atoms with E-state index in [4.69, 9.17) is 4.74 Å². The van der Waals surface area contributed by atoms with E-state index in [0.717, 1.165) is 18.5 Å². The number of hydrogen-bond acceptors (Lipinski definition) is 5. The maximum absolute atomic E-state index is 12.9. The number of fused-ring (bicyclic) bond motifs is 5. The minimum Gasteiger partial charge on any atom is -0.455 e. The summed E-state index contributed by atoms with van der Waals surface area (Å²) in [6.45, 7) is 6.14. The van der Waals surface area contributed by atoms with E-state index in [1.54, 1.807) is 24.8 Å². The van der Waals surface area contributed by atoms with E-state index in [2.05, 4.69) is 9.97 Å². The molecule has 2 aliphatic rings. The maximum Gasteiger partial charge on any atom is 0.359 e. The summed E-state index contributed by atoms with van der Waals surface area (Å²) in [5, 5.41) is 0. The normalized spacial score (nSPS) is 19.1. The van der Waals surface area contributed by atoms with Gasteiger partial charge in [-0.1, -0.05) is 0 Å². The van der Waals surface area contributed by atoms with Crippen LogP contribution in [0.1, 0.15) is 66.2 Å². The number of rotatable bonds is 1. The molecule has 7 heteroatoms. The molecule has 130 valence electrons. The molecule has 0 spiro atoms. The Kier molecular flexibility index (Phi) is 3.42. The third kappa shape index (κ3) is 2.50. The van der Waals surface area contributed by atoms with Gasteiger partial charge >= 0.3 is 5.97 Å². The molecule has 2 aromatic rings. The molecule has 2 aromatic heterocycles. The number of pyridine rings is 1. The molecule has 1 saturated heterocycles. The minimum absolute atomic E-state index is 0.0514. The minimum atomic E-state index is -0.606. The molecule has 4 rings (SSSR count). The molecule has 0 aliphatic carbocycles.